The van der Waals surface area contributed by atoms with Crippen LogP contribution in [0.4, 0.5) is 0 Å². The van der Waals surface area contributed by atoms with E-state index in [1.54, 1.807) is 11.8 Å². The number of amides is 2. The first-order chi connectivity index (χ1) is 13.7. The molecule has 0 aliphatic heterocycles. The molecule has 156 valence electrons. The number of nitrogens with zero attached hydrogens (tertiary/aromatic N) is 1. The van der Waals surface area contributed by atoms with Crippen LogP contribution in [-0.2, 0) is 16.1 Å². The van der Waals surface area contributed by atoms with Gasteiger partial charge in [0.2, 0.25) is 5.91 Å². The van der Waals surface area contributed by atoms with Crippen molar-refractivity contribution in [3.63, 3.8) is 0 Å². The zero-order chi connectivity index (χ0) is 21.6. The number of benzene rings is 2. The van der Waals surface area contributed by atoms with Crippen LogP contribution in [0.1, 0.15) is 37.5 Å². The van der Waals surface area contributed by atoms with Gasteiger partial charge < -0.3 is 15.0 Å². The van der Waals surface area contributed by atoms with Gasteiger partial charge in [0.1, 0.15) is 11.8 Å². The quantitative estimate of drug-likeness (QED) is 0.635. The molecule has 2 amide bonds. The maximum Gasteiger partial charge on any atom is 0.261 e. The second kappa shape index (κ2) is 10.4. The van der Waals surface area contributed by atoms with Crippen LogP contribution in [0.5, 0.6) is 5.75 Å². The molecule has 0 aromatic heterocycles. The van der Waals surface area contributed by atoms with Crippen LogP contribution in [-0.4, -0.2) is 35.4 Å². The van der Waals surface area contributed by atoms with Crippen molar-refractivity contribution in [1.82, 2.24) is 10.2 Å². The molecule has 0 bridgehead atoms. The standard InChI is InChI=1S/C23H29BrN2O3/c1-15(2)25-23(28)18(5)26(13-19-7-9-20(24)10-8-19)22(27)14-29-21-11-6-16(3)17(4)12-21/h6-12,15,18H,13-14H2,1-5H3,(H,25,28). The highest BCUT2D eigenvalue weighted by Crippen LogP contribution is 2.18. The van der Waals surface area contributed by atoms with Crippen molar-refractivity contribution >= 4 is 27.7 Å². The van der Waals surface area contributed by atoms with Crippen LogP contribution < -0.4 is 10.1 Å². The number of rotatable bonds is 8. The van der Waals surface area contributed by atoms with Gasteiger partial charge in [0.15, 0.2) is 6.61 Å². The number of halogens is 1. The average molecular weight is 461 g/mol. The highest BCUT2D eigenvalue weighted by Gasteiger charge is 2.26. The number of carbonyl (C=O) groups excluding carboxylic acids is 2. The monoisotopic (exact) mass is 460 g/mol. The summed E-state index contributed by atoms with van der Waals surface area (Å²) in [5.74, 6) is 0.221. The predicted molar refractivity (Wildman–Crippen MR) is 119 cm³/mol. The SMILES string of the molecule is Cc1ccc(OCC(=O)N(Cc2ccc(Br)cc2)C(C)C(=O)NC(C)C)cc1C. The first-order valence-corrected chi connectivity index (χ1v) is 10.5. The van der Waals surface area contributed by atoms with E-state index in [0.29, 0.717) is 12.3 Å². The Morgan fingerprint density at radius 2 is 1.69 bits per heavy atom. The maximum absolute atomic E-state index is 13.0. The molecule has 6 heteroatoms. The van der Waals surface area contributed by atoms with E-state index in [-0.39, 0.29) is 24.5 Å². The molecule has 0 saturated heterocycles. The summed E-state index contributed by atoms with van der Waals surface area (Å²) in [4.78, 5) is 27.1. The summed E-state index contributed by atoms with van der Waals surface area (Å²) in [6.45, 7) is 9.77. The van der Waals surface area contributed by atoms with E-state index in [1.807, 2.05) is 70.2 Å². The van der Waals surface area contributed by atoms with Gasteiger partial charge in [-0.15, -0.1) is 0 Å². The summed E-state index contributed by atoms with van der Waals surface area (Å²) in [6.07, 6.45) is 0. The van der Waals surface area contributed by atoms with Crippen molar-refractivity contribution in [3.8, 4) is 5.75 Å². The van der Waals surface area contributed by atoms with Gasteiger partial charge in [-0.3, -0.25) is 9.59 Å². The topological polar surface area (TPSA) is 58.6 Å². The molecule has 0 radical (unpaired) electrons. The van der Waals surface area contributed by atoms with Crippen molar-refractivity contribution in [2.75, 3.05) is 6.61 Å². The third-order valence-corrected chi connectivity index (χ3v) is 5.23. The van der Waals surface area contributed by atoms with E-state index < -0.39 is 6.04 Å². The van der Waals surface area contributed by atoms with E-state index in [2.05, 4.69) is 21.2 Å². The molecule has 0 fully saturated rings. The van der Waals surface area contributed by atoms with Crippen LogP contribution in [0.3, 0.4) is 0 Å². The molecule has 2 rings (SSSR count). The number of hydrogen-bond acceptors (Lipinski definition) is 3. The zero-order valence-corrected chi connectivity index (χ0v) is 19.2. The van der Waals surface area contributed by atoms with Gasteiger partial charge in [0.05, 0.1) is 0 Å². The second-order valence-electron chi connectivity index (χ2n) is 7.52. The molecular formula is C23H29BrN2O3. The Morgan fingerprint density at radius 1 is 1.03 bits per heavy atom. The number of ether oxygens (including phenoxy) is 1. The largest absolute Gasteiger partial charge is 0.484 e. The molecule has 2 aromatic rings. The van der Waals surface area contributed by atoms with Crippen molar-refractivity contribution in [1.29, 1.82) is 0 Å². The summed E-state index contributed by atoms with van der Waals surface area (Å²) in [6, 6.07) is 12.8. The molecule has 5 nitrogen and oxygen atoms in total. The minimum atomic E-state index is -0.614. The predicted octanol–water partition coefficient (Wildman–Crippen LogP) is 4.39. The molecule has 0 aliphatic carbocycles. The Kier molecular flexibility index (Phi) is 8.26. The first kappa shape index (κ1) is 22.9. The molecule has 0 heterocycles. The van der Waals surface area contributed by atoms with E-state index in [4.69, 9.17) is 4.74 Å². The second-order valence-corrected chi connectivity index (χ2v) is 8.44. The minimum Gasteiger partial charge on any atom is -0.484 e. The summed E-state index contributed by atoms with van der Waals surface area (Å²) in [7, 11) is 0. The summed E-state index contributed by atoms with van der Waals surface area (Å²) < 4.78 is 6.68. The third kappa shape index (κ3) is 6.89. The normalized spacial score (nSPS) is 11.8. The van der Waals surface area contributed by atoms with Gasteiger partial charge in [-0.1, -0.05) is 34.1 Å². The molecule has 29 heavy (non-hydrogen) atoms. The van der Waals surface area contributed by atoms with Crippen LogP contribution in [0.2, 0.25) is 0 Å². The lowest BCUT2D eigenvalue weighted by molar-refractivity contribution is -0.142. The van der Waals surface area contributed by atoms with Gasteiger partial charge in [-0.05, 0) is 75.6 Å². The number of nitrogens with one attached hydrogen (secondary N) is 1. The Balaban J connectivity index is 2.15. The molecule has 0 saturated carbocycles. The Hall–Kier alpha value is -2.34. The van der Waals surface area contributed by atoms with Crippen molar-refractivity contribution in [2.45, 2.75) is 53.2 Å². The Morgan fingerprint density at radius 3 is 2.28 bits per heavy atom. The van der Waals surface area contributed by atoms with E-state index in [9.17, 15) is 9.59 Å². The molecule has 2 aromatic carbocycles. The fourth-order valence-electron chi connectivity index (χ4n) is 2.81. The van der Waals surface area contributed by atoms with Crippen molar-refractivity contribution in [2.24, 2.45) is 0 Å². The van der Waals surface area contributed by atoms with Gasteiger partial charge in [-0.2, -0.15) is 0 Å². The minimum absolute atomic E-state index is 0.00127. The van der Waals surface area contributed by atoms with Gasteiger partial charge in [0, 0.05) is 17.1 Å². The molecule has 1 atom stereocenters. The van der Waals surface area contributed by atoms with E-state index in [1.165, 1.54) is 5.56 Å². The van der Waals surface area contributed by atoms with Gasteiger partial charge in [-0.25, -0.2) is 0 Å². The molecular weight excluding hydrogens is 432 g/mol. The lowest BCUT2D eigenvalue weighted by Crippen LogP contribution is -2.50. The zero-order valence-electron chi connectivity index (χ0n) is 17.7. The van der Waals surface area contributed by atoms with Crippen LogP contribution >= 0.6 is 15.9 Å². The molecule has 0 spiro atoms. The van der Waals surface area contributed by atoms with Gasteiger partial charge in [0.25, 0.3) is 5.91 Å². The Bertz CT molecular complexity index is 850. The number of carbonyl (C=O) groups is 2. The third-order valence-electron chi connectivity index (χ3n) is 4.71. The highest BCUT2D eigenvalue weighted by atomic mass is 79.9. The fourth-order valence-corrected chi connectivity index (χ4v) is 3.07. The lowest BCUT2D eigenvalue weighted by atomic mass is 10.1. The summed E-state index contributed by atoms with van der Waals surface area (Å²) in [5.41, 5.74) is 3.21. The average Bonchev–Trinajstić information content (AvgIpc) is 2.67. The Labute approximate surface area is 181 Å². The van der Waals surface area contributed by atoms with Crippen molar-refractivity contribution < 1.29 is 14.3 Å². The van der Waals surface area contributed by atoms with E-state index in [0.717, 1.165) is 15.6 Å². The maximum atomic E-state index is 13.0. The van der Waals surface area contributed by atoms with Crippen LogP contribution in [0.25, 0.3) is 0 Å². The van der Waals surface area contributed by atoms with E-state index >= 15 is 0 Å². The molecule has 1 N–H and O–H groups in total. The fraction of sp³-hybridized carbons (Fsp3) is 0.391. The van der Waals surface area contributed by atoms with Crippen LogP contribution in [0.15, 0.2) is 46.9 Å². The summed E-state index contributed by atoms with van der Waals surface area (Å²) >= 11 is 3.42. The number of aryl methyl sites for hydroxylation is 2. The van der Waals surface area contributed by atoms with Crippen LogP contribution in [0, 0.1) is 13.8 Å². The highest BCUT2D eigenvalue weighted by molar-refractivity contribution is 9.10. The number of hydrogen-bond donors (Lipinski definition) is 1. The smallest absolute Gasteiger partial charge is 0.261 e. The first-order valence-electron chi connectivity index (χ1n) is 9.71. The lowest BCUT2D eigenvalue weighted by Gasteiger charge is -2.29. The van der Waals surface area contributed by atoms with Crippen molar-refractivity contribution in [3.05, 3.63) is 63.6 Å². The molecule has 0 aliphatic rings. The van der Waals surface area contributed by atoms with Gasteiger partial charge >= 0.3 is 0 Å². The molecule has 1 unspecified atom stereocenters. The summed E-state index contributed by atoms with van der Waals surface area (Å²) in [5, 5.41) is 2.88.